The molecular formula is C22H29N5O2. The van der Waals surface area contributed by atoms with Crippen molar-refractivity contribution in [1.82, 2.24) is 15.3 Å². The minimum Gasteiger partial charge on any atom is -0.497 e. The normalized spacial score (nSPS) is 17.4. The van der Waals surface area contributed by atoms with E-state index in [-0.39, 0.29) is 11.9 Å². The zero-order valence-electron chi connectivity index (χ0n) is 17.2. The first-order valence-corrected chi connectivity index (χ1v) is 10.4. The Morgan fingerprint density at radius 2 is 1.69 bits per heavy atom. The number of piperazine rings is 1. The predicted octanol–water partition coefficient (Wildman–Crippen LogP) is 2.79. The molecule has 29 heavy (non-hydrogen) atoms. The van der Waals surface area contributed by atoms with E-state index in [0.717, 1.165) is 50.5 Å². The fourth-order valence-electron chi connectivity index (χ4n) is 4.10. The molecule has 0 unspecified atom stereocenters. The molecule has 154 valence electrons. The lowest BCUT2D eigenvalue weighted by molar-refractivity contribution is 0.0932. The van der Waals surface area contributed by atoms with Gasteiger partial charge in [0.05, 0.1) is 7.11 Å². The van der Waals surface area contributed by atoms with Gasteiger partial charge in [-0.3, -0.25) is 4.79 Å². The summed E-state index contributed by atoms with van der Waals surface area (Å²) in [6.45, 7) is 5.32. The zero-order valence-corrected chi connectivity index (χ0v) is 17.2. The second-order valence-electron chi connectivity index (χ2n) is 7.82. The van der Waals surface area contributed by atoms with E-state index in [9.17, 15) is 4.79 Å². The summed E-state index contributed by atoms with van der Waals surface area (Å²) in [5, 5.41) is 3.12. The maximum atomic E-state index is 12.6. The molecular weight excluding hydrogens is 366 g/mol. The lowest BCUT2D eigenvalue weighted by atomic mass is 10.2. The largest absolute Gasteiger partial charge is 0.497 e. The molecule has 4 rings (SSSR count). The van der Waals surface area contributed by atoms with E-state index < -0.39 is 0 Å². The molecule has 1 saturated carbocycles. The summed E-state index contributed by atoms with van der Waals surface area (Å²) >= 11 is 0. The molecule has 1 aromatic carbocycles. The third-order valence-corrected chi connectivity index (χ3v) is 5.77. The Morgan fingerprint density at radius 3 is 2.34 bits per heavy atom. The van der Waals surface area contributed by atoms with Gasteiger partial charge in [0.15, 0.2) is 0 Å². The van der Waals surface area contributed by atoms with Gasteiger partial charge in [0.25, 0.3) is 5.91 Å². The molecule has 0 bridgehead atoms. The molecule has 7 nitrogen and oxygen atoms in total. The van der Waals surface area contributed by atoms with Gasteiger partial charge >= 0.3 is 0 Å². The van der Waals surface area contributed by atoms with Crippen molar-refractivity contribution in [2.24, 2.45) is 0 Å². The first-order valence-electron chi connectivity index (χ1n) is 10.4. The molecule has 1 aliphatic carbocycles. The van der Waals surface area contributed by atoms with Crippen molar-refractivity contribution in [3.8, 4) is 5.75 Å². The van der Waals surface area contributed by atoms with Crippen molar-refractivity contribution in [3.05, 3.63) is 41.7 Å². The average Bonchev–Trinajstić information content (AvgIpc) is 3.26. The fourth-order valence-corrected chi connectivity index (χ4v) is 4.10. The molecule has 2 aliphatic rings. The summed E-state index contributed by atoms with van der Waals surface area (Å²) in [6, 6.07) is 10.2. The van der Waals surface area contributed by atoms with Gasteiger partial charge in [0, 0.05) is 43.6 Å². The molecule has 0 radical (unpaired) electrons. The van der Waals surface area contributed by atoms with Gasteiger partial charge < -0.3 is 19.9 Å². The number of ether oxygens (including phenoxy) is 1. The number of carbonyl (C=O) groups is 1. The van der Waals surface area contributed by atoms with Crippen molar-refractivity contribution in [1.29, 1.82) is 0 Å². The summed E-state index contributed by atoms with van der Waals surface area (Å²) in [5.74, 6) is 1.43. The number of methoxy groups -OCH3 is 1. The number of benzene rings is 1. The van der Waals surface area contributed by atoms with Crippen LogP contribution in [0.15, 0.2) is 30.3 Å². The quantitative estimate of drug-likeness (QED) is 0.840. The molecule has 1 aromatic heterocycles. The highest BCUT2D eigenvalue weighted by molar-refractivity contribution is 5.92. The highest BCUT2D eigenvalue weighted by Gasteiger charge is 2.23. The van der Waals surface area contributed by atoms with Crippen LogP contribution in [-0.2, 0) is 0 Å². The van der Waals surface area contributed by atoms with Crippen LogP contribution in [0.5, 0.6) is 5.75 Å². The molecule has 0 atom stereocenters. The molecule has 2 aromatic rings. The van der Waals surface area contributed by atoms with E-state index in [1.165, 1.54) is 18.5 Å². The van der Waals surface area contributed by atoms with Gasteiger partial charge in [-0.05, 0) is 50.1 Å². The Kier molecular flexibility index (Phi) is 5.83. The van der Waals surface area contributed by atoms with Crippen molar-refractivity contribution in [3.63, 3.8) is 0 Å². The van der Waals surface area contributed by atoms with Gasteiger partial charge in [-0.15, -0.1) is 0 Å². The molecule has 0 spiro atoms. The van der Waals surface area contributed by atoms with Gasteiger partial charge in [-0.1, -0.05) is 12.8 Å². The number of hydrogen-bond donors (Lipinski definition) is 1. The van der Waals surface area contributed by atoms with Crippen LogP contribution < -0.4 is 19.9 Å². The molecule has 1 saturated heterocycles. The van der Waals surface area contributed by atoms with Crippen LogP contribution in [0.4, 0.5) is 11.6 Å². The molecule has 1 N–H and O–H groups in total. The van der Waals surface area contributed by atoms with Crippen LogP contribution in [0.1, 0.15) is 41.9 Å². The number of anilines is 2. The van der Waals surface area contributed by atoms with Crippen molar-refractivity contribution >= 4 is 17.5 Å². The average molecular weight is 396 g/mol. The van der Waals surface area contributed by atoms with Crippen LogP contribution in [-0.4, -0.2) is 55.2 Å². The van der Waals surface area contributed by atoms with E-state index >= 15 is 0 Å². The van der Waals surface area contributed by atoms with E-state index in [0.29, 0.717) is 11.6 Å². The van der Waals surface area contributed by atoms with Crippen LogP contribution in [0.2, 0.25) is 0 Å². The van der Waals surface area contributed by atoms with E-state index in [1.54, 1.807) is 13.2 Å². The van der Waals surface area contributed by atoms with E-state index in [1.807, 2.05) is 19.1 Å². The number of carbonyl (C=O) groups excluding carboxylic acids is 1. The first-order chi connectivity index (χ1) is 14.1. The third kappa shape index (κ3) is 4.60. The number of nitrogens with zero attached hydrogens (tertiary/aromatic N) is 4. The fraction of sp³-hybridized carbons (Fsp3) is 0.500. The van der Waals surface area contributed by atoms with Crippen LogP contribution in [0, 0.1) is 6.92 Å². The number of hydrogen-bond acceptors (Lipinski definition) is 6. The minimum absolute atomic E-state index is 0.0829. The second-order valence-corrected chi connectivity index (χ2v) is 7.82. The summed E-state index contributed by atoms with van der Waals surface area (Å²) in [5.41, 5.74) is 2.48. The van der Waals surface area contributed by atoms with Crippen molar-refractivity contribution in [2.75, 3.05) is 43.1 Å². The topological polar surface area (TPSA) is 70.6 Å². The van der Waals surface area contributed by atoms with Crippen LogP contribution >= 0.6 is 0 Å². The second kappa shape index (κ2) is 8.68. The number of aromatic nitrogens is 2. The third-order valence-electron chi connectivity index (χ3n) is 5.77. The monoisotopic (exact) mass is 395 g/mol. The smallest absolute Gasteiger partial charge is 0.270 e. The Balaban J connectivity index is 1.41. The minimum atomic E-state index is -0.0829. The number of aryl methyl sites for hydroxylation is 1. The number of nitrogens with one attached hydrogen (secondary N) is 1. The van der Waals surface area contributed by atoms with Gasteiger partial charge in [0.2, 0.25) is 5.95 Å². The molecule has 1 amide bonds. The summed E-state index contributed by atoms with van der Waals surface area (Å²) in [7, 11) is 1.68. The van der Waals surface area contributed by atoms with Gasteiger partial charge in [0.1, 0.15) is 11.4 Å². The molecule has 1 aliphatic heterocycles. The Morgan fingerprint density at radius 1 is 1.03 bits per heavy atom. The molecule has 2 fully saturated rings. The van der Waals surface area contributed by atoms with E-state index in [4.69, 9.17) is 4.74 Å². The Bertz CT molecular complexity index is 841. The lowest BCUT2D eigenvalue weighted by Crippen LogP contribution is -2.47. The van der Waals surface area contributed by atoms with Crippen LogP contribution in [0.25, 0.3) is 0 Å². The summed E-state index contributed by atoms with van der Waals surface area (Å²) < 4.78 is 5.24. The summed E-state index contributed by atoms with van der Waals surface area (Å²) in [4.78, 5) is 26.3. The SMILES string of the molecule is COc1ccc(N2CCN(c3nc(C)cc(C(=O)NC4CCCC4)n3)CC2)cc1. The Labute approximate surface area is 172 Å². The maximum absolute atomic E-state index is 12.6. The standard InChI is InChI=1S/C22H29N5O2/c1-16-15-20(21(28)24-17-5-3-4-6-17)25-22(23-16)27-13-11-26(12-14-27)18-7-9-19(29-2)10-8-18/h7-10,15,17H,3-6,11-14H2,1-2H3,(H,24,28). The Hall–Kier alpha value is -2.83. The summed E-state index contributed by atoms with van der Waals surface area (Å²) in [6.07, 6.45) is 4.51. The zero-order chi connectivity index (χ0) is 20.2. The number of rotatable bonds is 5. The van der Waals surface area contributed by atoms with Gasteiger partial charge in [-0.25, -0.2) is 9.97 Å². The maximum Gasteiger partial charge on any atom is 0.270 e. The van der Waals surface area contributed by atoms with Crippen LogP contribution in [0.3, 0.4) is 0 Å². The van der Waals surface area contributed by atoms with E-state index in [2.05, 4.69) is 37.2 Å². The van der Waals surface area contributed by atoms with Crippen molar-refractivity contribution < 1.29 is 9.53 Å². The molecule has 7 heteroatoms. The molecule has 2 heterocycles. The lowest BCUT2D eigenvalue weighted by Gasteiger charge is -2.36. The highest BCUT2D eigenvalue weighted by atomic mass is 16.5. The highest BCUT2D eigenvalue weighted by Crippen LogP contribution is 2.22. The first kappa shape index (κ1) is 19.5. The predicted molar refractivity (Wildman–Crippen MR) is 114 cm³/mol. The van der Waals surface area contributed by atoms with Gasteiger partial charge in [-0.2, -0.15) is 0 Å². The van der Waals surface area contributed by atoms with Crippen molar-refractivity contribution in [2.45, 2.75) is 38.6 Å². The number of amides is 1.